The minimum atomic E-state index is 0.408. The predicted octanol–water partition coefficient (Wildman–Crippen LogP) is 2.62. The van der Waals surface area contributed by atoms with E-state index in [9.17, 15) is 0 Å². The van der Waals surface area contributed by atoms with E-state index in [1.54, 1.807) is 0 Å². The second-order valence-corrected chi connectivity index (χ2v) is 4.44. The molecule has 1 atom stereocenters. The van der Waals surface area contributed by atoms with Crippen LogP contribution in [0.3, 0.4) is 0 Å². The zero-order valence-electron chi connectivity index (χ0n) is 10.4. The molecule has 2 heteroatoms. The van der Waals surface area contributed by atoms with Gasteiger partial charge in [0.25, 0.3) is 0 Å². The van der Waals surface area contributed by atoms with Crippen molar-refractivity contribution in [3.05, 3.63) is 0 Å². The van der Waals surface area contributed by atoms with Gasteiger partial charge in [-0.1, -0.05) is 13.8 Å². The van der Waals surface area contributed by atoms with Gasteiger partial charge in [0.2, 0.25) is 0 Å². The zero-order valence-corrected chi connectivity index (χ0v) is 10.4. The third-order valence-electron chi connectivity index (χ3n) is 2.79. The highest BCUT2D eigenvalue weighted by molar-refractivity contribution is 4.65. The van der Waals surface area contributed by atoms with Crippen molar-refractivity contribution >= 4 is 0 Å². The second-order valence-electron chi connectivity index (χ2n) is 4.44. The number of rotatable bonds is 8. The van der Waals surface area contributed by atoms with Crippen LogP contribution in [-0.2, 0) is 0 Å². The Hall–Kier alpha value is -0.0800. The molecule has 2 N–H and O–H groups in total. The molecular weight excluding hydrogens is 172 g/mol. The Balaban J connectivity index is 3.60. The molecule has 0 spiro atoms. The molecule has 0 aliphatic rings. The lowest BCUT2D eigenvalue weighted by atomic mass is 10.1. The van der Waals surface area contributed by atoms with Gasteiger partial charge in [-0.2, -0.15) is 0 Å². The molecule has 86 valence electrons. The quantitative estimate of drug-likeness (QED) is 0.652. The van der Waals surface area contributed by atoms with E-state index in [0.717, 1.165) is 6.42 Å². The van der Waals surface area contributed by atoms with Gasteiger partial charge < -0.3 is 10.6 Å². The summed E-state index contributed by atoms with van der Waals surface area (Å²) >= 11 is 0. The van der Waals surface area contributed by atoms with E-state index in [4.69, 9.17) is 5.73 Å². The van der Waals surface area contributed by atoms with E-state index in [-0.39, 0.29) is 0 Å². The Morgan fingerprint density at radius 2 is 1.79 bits per heavy atom. The molecule has 0 saturated heterocycles. The van der Waals surface area contributed by atoms with Gasteiger partial charge in [0.05, 0.1) is 0 Å². The molecule has 1 unspecified atom stereocenters. The molecule has 0 bridgehead atoms. The van der Waals surface area contributed by atoms with Crippen LogP contribution in [-0.4, -0.2) is 30.1 Å². The van der Waals surface area contributed by atoms with Crippen molar-refractivity contribution < 1.29 is 0 Å². The summed E-state index contributed by atoms with van der Waals surface area (Å²) in [5.74, 6) is 0. The topological polar surface area (TPSA) is 29.3 Å². The molecule has 2 nitrogen and oxygen atoms in total. The van der Waals surface area contributed by atoms with Gasteiger partial charge in [-0.05, 0) is 52.6 Å². The lowest BCUT2D eigenvalue weighted by molar-refractivity contribution is 0.215. The number of nitrogens with zero attached hydrogens (tertiary/aromatic N) is 1. The van der Waals surface area contributed by atoms with Gasteiger partial charge in [0.1, 0.15) is 0 Å². The highest BCUT2D eigenvalue weighted by Crippen LogP contribution is 2.05. The molecule has 0 heterocycles. The van der Waals surface area contributed by atoms with Crippen LogP contribution in [0, 0.1) is 0 Å². The zero-order chi connectivity index (χ0) is 11.0. The van der Waals surface area contributed by atoms with Crippen LogP contribution in [0.4, 0.5) is 0 Å². The Labute approximate surface area is 89.9 Å². The van der Waals surface area contributed by atoms with Crippen molar-refractivity contribution in [3.8, 4) is 0 Å². The van der Waals surface area contributed by atoms with Gasteiger partial charge in [-0.3, -0.25) is 0 Å². The minimum absolute atomic E-state index is 0.408. The van der Waals surface area contributed by atoms with Gasteiger partial charge in [-0.15, -0.1) is 0 Å². The maximum atomic E-state index is 5.89. The Morgan fingerprint density at radius 1 is 1.14 bits per heavy atom. The van der Waals surface area contributed by atoms with Crippen molar-refractivity contribution in [3.63, 3.8) is 0 Å². The smallest absolute Gasteiger partial charge is 0.00385 e. The molecule has 0 aromatic heterocycles. The molecule has 0 rings (SSSR count). The van der Waals surface area contributed by atoms with Crippen LogP contribution in [0.5, 0.6) is 0 Å². The van der Waals surface area contributed by atoms with Crippen molar-refractivity contribution in [1.82, 2.24) is 4.90 Å². The third-order valence-corrected chi connectivity index (χ3v) is 2.79. The Bertz CT molecular complexity index is 123. The first-order chi connectivity index (χ1) is 6.61. The summed E-state index contributed by atoms with van der Waals surface area (Å²) in [4.78, 5) is 2.54. The first-order valence-corrected chi connectivity index (χ1v) is 6.11. The molecule has 0 aliphatic heterocycles. The maximum absolute atomic E-state index is 5.89. The van der Waals surface area contributed by atoms with E-state index in [0.29, 0.717) is 12.1 Å². The Kier molecular flexibility index (Phi) is 8.20. The molecule has 0 aliphatic carbocycles. The second kappa shape index (κ2) is 8.25. The van der Waals surface area contributed by atoms with Crippen LogP contribution < -0.4 is 5.73 Å². The summed E-state index contributed by atoms with van der Waals surface area (Å²) in [7, 11) is 0. The summed E-state index contributed by atoms with van der Waals surface area (Å²) in [5.41, 5.74) is 5.89. The van der Waals surface area contributed by atoms with Gasteiger partial charge in [0, 0.05) is 12.1 Å². The molecule has 0 aromatic rings. The lowest BCUT2D eigenvalue weighted by Crippen LogP contribution is -2.33. The highest BCUT2D eigenvalue weighted by atomic mass is 15.1. The average Bonchev–Trinajstić information content (AvgIpc) is 2.16. The summed E-state index contributed by atoms with van der Waals surface area (Å²) in [5, 5.41) is 0. The predicted molar refractivity (Wildman–Crippen MR) is 64.5 cm³/mol. The van der Waals surface area contributed by atoms with E-state index in [1.165, 1.54) is 32.4 Å². The monoisotopic (exact) mass is 200 g/mol. The van der Waals surface area contributed by atoms with E-state index < -0.39 is 0 Å². The van der Waals surface area contributed by atoms with Crippen LogP contribution in [0.1, 0.15) is 53.4 Å². The maximum Gasteiger partial charge on any atom is 0.00385 e. The van der Waals surface area contributed by atoms with Gasteiger partial charge >= 0.3 is 0 Å². The summed E-state index contributed by atoms with van der Waals surface area (Å²) in [6.45, 7) is 11.4. The van der Waals surface area contributed by atoms with Crippen molar-refractivity contribution in [1.29, 1.82) is 0 Å². The summed E-state index contributed by atoms with van der Waals surface area (Å²) in [6, 6.07) is 1.08. The first-order valence-electron chi connectivity index (χ1n) is 6.11. The standard InChI is InChI=1S/C12H28N2/c1-5-9-14(11(3)4)10-7-8-12(13)6-2/h11-12H,5-10,13H2,1-4H3. The number of hydrogen-bond donors (Lipinski definition) is 1. The average molecular weight is 200 g/mol. The largest absolute Gasteiger partial charge is 0.328 e. The van der Waals surface area contributed by atoms with Crippen molar-refractivity contribution in [2.24, 2.45) is 5.73 Å². The van der Waals surface area contributed by atoms with Crippen LogP contribution in [0.15, 0.2) is 0 Å². The van der Waals surface area contributed by atoms with Gasteiger partial charge in [-0.25, -0.2) is 0 Å². The lowest BCUT2D eigenvalue weighted by Gasteiger charge is -2.26. The molecule has 0 saturated carbocycles. The fraction of sp³-hybridized carbons (Fsp3) is 1.00. The summed E-state index contributed by atoms with van der Waals surface area (Å²) in [6.07, 6.45) is 4.77. The minimum Gasteiger partial charge on any atom is -0.328 e. The van der Waals surface area contributed by atoms with Crippen molar-refractivity contribution in [2.45, 2.75) is 65.5 Å². The summed E-state index contributed by atoms with van der Waals surface area (Å²) < 4.78 is 0. The molecule has 0 radical (unpaired) electrons. The highest BCUT2D eigenvalue weighted by Gasteiger charge is 2.08. The SMILES string of the molecule is CCCN(CCCC(N)CC)C(C)C. The fourth-order valence-corrected chi connectivity index (χ4v) is 1.68. The van der Waals surface area contributed by atoms with Crippen LogP contribution in [0.25, 0.3) is 0 Å². The Morgan fingerprint density at radius 3 is 2.21 bits per heavy atom. The van der Waals surface area contributed by atoms with E-state index >= 15 is 0 Å². The van der Waals surface area contributed by atoms with Gasteiger partial charge in [0.15, 0.2) is 0 Å². The molecule has 0 aromatic carbocycles. The van der Waals surface area contributed by atoms with E-state index in [2.05, 4.69) is 32.6 Å². The fourth-order valence-electron chi connectivity index (χ4n) is 1.68. The molecular formula is C12H28N2. The van der Waals surface area contributed by atoms with Crippen LogP contribution >= 0.6 is 0 Å². The third kappa shape index (κ3) is 6.39. The van der Waals surface area contributed by atoms with E-state index in [1.807, 2.05) is 0 Å². The number of hydrogen-bond acceptors (Lipinski definition) is 2. The number of nitrogens with two attached hydrogens (primary N) is 1. The van der Waals surface area contributed by atoms with Crippen molar-refractivity contribution in [2.75, 3.05) is 13.1 Å². The normalized spacial score (nSPS) is 13.9. The molecule has 0 amide bonds. The first kappa shape index (κ1) is 13.9. The molecule has 0 fully saturated rings. The van der Waals surface area contributed by atoms with Crippen LogP contribution in [0.2, 0.25) is 0 Å². The molecule has 14 heavy (non-hydrogen) atoms.